The largest absolute Gasteiger partial charge is 0.462 e. The van der Waals surface area contributed by atoms with Crippen molar-refractivity contribution in [3.63, 3.8) is 0 Å². The highest BCUT2D eigenvalue weighted by Crippen LogP contribution is 2.37. The fraction of sp³-hybridized carbons (Fsp3) is 0.519. The van der Waals surface area contributed by atoms with E-state index >= 15 is 0 Å². The number of ether oxygens (including phenoxy) is 1. The third kappa shape index (κ3) is 6.79. The van der Waals surface area contributed by atoms with Gasteiger partial charge in [-0.15, -0.1) is 0 Å². The molecule has 5 heteroatoms. The molecule has 3 rings (SSSR count). The molecule has 4 nitrogen and oxygen atoms in total. The lowest BCUT2D eigenvalue weighted by atomic mass is 9.78. The van der Waals surface area contributed by atoms with Crippen molar-refractivity contribution in [1.82, 2.24) is 0 Å². The molecule has 0 aliphatic heterocycles. The molecule has 0 heterocycles. The van der Waals surface area contributed by atoms with Crippen molar-refractivity contribution in [2.45, 2.75) is 76.2 Å². The Morgan fingerprint density at radius 1 is 1.06 bits per heavy atom. The number of carbonyl (C=O) groups excluding carboxylic acids is 1. The molecule has 1 aromatic carbocycles. The van der Waals surface area contributed by atoms with Crippen LogP contribution in [0.1, 0.15) is 81.3 Å². The monoisotopic (exact) mass is 434 g/mol. The van der Waals surface area contributed by atoms with E-state index in [-0.39, 0.29) is 29.5 Å². The van der Waals surface area contributed by atoms with Gasteiger partial charge in [-0.05, 0) is 93.7 Å². The van der Waals surface area contributed by atoms with E-state index in [1.54, 1.807) is 12.1 Å². The van der Waals surface area contributed by atoms with Crippen LogP contribution in [0.2, 0.25) is 0 Å². The molecule has 32 heavy (non-hydrogen) atoms. The van der Waals surface area contributed by atoms with Crippen molar-refractivity contribution in [3.8, 4) is 12.1 Å². The third-order valence-corrected chi connectivity index (χ3v) is 6.88. The Morgan fingerprint density at radius 2 is 1.81 bits per heavy atom. The fourth-order valence-corrected chi connectivity index (χ4v) is 4.94. The highest BCUT2D eigenvalue weighted by atomic mass is 19.1. The molecule has 1 aromatic rings. The van der Waals surface area contributed by atoms with Crippen LogP contribution in [-0.4, -0.2) is 12.1 Å². The van der Waals surface area contributed by atoms with Crippen LogP contribution in [0.3, 0.4) is 0 Å². The lowest BCUT2D eigenvalue weighted by Gasteiger charge is -2.31. The SMILES string of the molecule is N#CC=CC=CCC[C@H]1CC[C@H](OC(=O)[C@H]2CC[C@H](c3ccc(C#N)c(F)c3)CC2)CC1. The van der Waals surface area contributed by atoms with Gasteiger partial charge in [0.1, 0.15) is 18.0 Å². The molecular formula is C27H31FN2O2. The van der Waals surface area contributed by atoms with E-state index in [2.05, 4.69) is 6.08 Å². The molecule has 0 atom stereocenters. The maximum Gasteiger partial charge on any atom is 0.309 e. The molecule has 0 bridgehead atoms. The number of benzene rings is 1. The Labute approximate surface area is 190 Å². The second-order valence-electron chi connectivity index (χ2n) is 8.97. The van der Waals surface area contributed by atoms with Crippen molar-refractivity contribution in [2.75, 3.05) is 0 Å². The van der Waals surface area contributed by atoms with Crippen molar-refractivity contribution in [1.29, 1.82) is 10.5 Å². The smallest absolute Gasteiger partial charge is 0.309 e. The maximum atomic E-state index is 13.9. The summed E-state index contributed by atoms with van der Waals surface area (Å²) in [6, 6.07) is 8.68. The predicted octanol–water partition coefficient (Wildman–Crippen LogP) is 6.49. The van der Waals surface area contributed by atoms with E-state index in [9.17, 15) is 9.18 Å². The minimum atomic E-state index is -0.464. The Morgan fingerprint density at radius 3 is 2.47 bits per heavy atom. The first kappa shape index (κ1) is 23.7. The fourth-order valence-electron chi connectivity index (χ4n) is 4.94. The minimum Gasteiger partial charge on any atom is -0.462 e. The van der Waals surface area contributed by atoms with Gasteiger partial charge in [0, 0.05) is 6.08 Å². The highest BCUT2D eigenvalue weighted by Gasteiger charge is 2.31. The number of allylic oxidation sites excluding steroid dienone is 4. The van der Waals surface area contributed by atoms with Crippen LogP contribution in [0.15, 0.2) is 42.5 Å². The molecule has 0 saturated heterocycles. The first-order valence-corrected chi connectivity index (χ1v) is 11.7. The molecule has 2 saturated carbocycles. The van der Waals surface area contributed by atoms with Crippen LogP contribution in [0, 0.1) is 40.3 Å². The lowest BCUT2D eigenvalue weighted by Crippen LogP contribution is -2.29. The number of halogens is 1. The highest BCUT2D eigenvalue weighted by molar-refractivity contribution is 5.72. The summed E-state index contributed by atoms with van der Waals surface area (Å²) in [6.45, 7) is 0. The normalized spacial score (nSPS) is 26.0. The standard InChI is InChI=1S/C27H31FN2O2/c28-26-18-23(13-14-24(26)19-30)21-9-11-22(12-10-21)27(31)32-25-15-7-20(8-16-25)6-4-2-1-3-5-17-29/h1-3,5,13-14,18,20-22,25H,4,6-12,15-16H2/t20-,21-,22-,25-. The van der Waals surface area contributed by atoms with E-state index in [1.165, 1.54) is 12.1 Å². The second-order valence-corrected chi connectivity index (χ2v) is 8.97. The van der Waals surface area contributed by atoms with Crippen LogP contribution in [0.4, 0.5) is 4.39 Å². The van der Waals surface area contributed by atoms with E-state index in [0.717, 1.165) is 69.8 Å². The molecular weight excluding hydrogens is 403 g/mol. The van der Waals surface area contributed by atoms with Gasteiger partial charge in [0.25, 0.3) is 0 Å². The molecule has 2 fully saturated rings. The average molecular weight is 435 g/mol. The Balaban J connectivity index is 1.36. The number of nitrogens with zero attached hydrogens (tertiary/aromatic N) is 2. The molecule has 168 valence electrons. The van der Waals surface area contributed by atoms with Gasteiger partial charge in [0.05, 0.1) is 17.6 Å². The Kier molecular flexibility index (Phi) is 9.05. The Hall–Kier alpha value is -2.92. The van der Waals surface area contributed by atoms with Gasteiger partial charge in [-0.2, -0.15) is 10.5 Å². The molecule has 0 aromatic heterocycles. The molecule has 0 N–H and O–H groups in total. The van der Waals surface area contributed by atoms with Crippen molar-refractivity contribution in [3.05, 3.63) is 59.4 Å². The van der Waals surface area contributed by atoms with Crippen molar-refractivity contribution >= 4 is 5.97 Å². The number of hydrogen-bond donors (Lipinski definition) is 0. The quantitative estimate of drug-likeness (QED) is 0.279. The molecule has 2 aliphatic carbocycles. The van der Waals surface area contributed by atoms with Crippen LogP contribution in [0.25, 0.3) is 0 Å². The van der Waals surface area contributed by atoms with E-state index in [1.807, 2.05) is 24.3 Å². The number of nitriles is 2. The summed E-state index contributed by atoms with van der Waals surface area (Å²) in [4.78, 5) is 12.7. The van der Waals surface area contributed by atoms with Crippen LogP contribution in [0.5, 0.6) is 0 Å². The second kappa shape index (κ2) is 12.2. The maximum absolute atomic E-state index is 13.9. The summed E-state index contributed by atoms with van der Waals surface area (Å²) in [5.74, 6) is 0.330. The molecule has 0 unspecified atom stereocenters. The van der Waals surface area contributed by atoms with Crippen molar-refractivity contribution < 1.29 is 13.9 Å². The molecule has 0 amide bonds. The van der Waals surface area contributed by atoms with Gasteiger partial charge >= 0.3 is 5.97 Å². The first-order chi connectivity index (χ1) is 15.6. The van der Waals surface area contributed by atoms with E-state index in [4.69, 9.17) is 15.3 Å². The topological polar surface area (TPSA) is 73.9 Å². The number of esters is 1. The number of carbonyl (C=O) groups is 1. The van der Waals surface area contributed by atoms with Crippen molar-refractivity contribution in [2.24, 2.45) is 11.8 Å². The summed E-state index contributed by atoms with van der Waals surface area (Å²) in [5, 5.41) is 17.3. The molecule has 0 spiro atoms. The van der Waals surface area contributed by atoms with Gasteiger partial charge in [-0.25, -0.2) is 4.39 Å². The molecule has 0 radical (unpaired) electrons. The van der Waals surface area contributed by atoms with E-state index in [0.29, 0.717) is 5.92 Å². The zero-order valence-corrected chi connectivity index (χ0v) is 18.5. The predicted molar refractivity (Wildman–Crippen MR) is 121 cm³/mol. The van der Waals surface area contributed by atoms with Gasteiger partial charge in [-0.1, -0.05) is 24.3 Å². The average Bonchev–Trinajstić information content (AvgIpc) is 2.82. The van der Waals surface area contributed by atoms with Crippen LogP contribution < -0.4 is 0 Å². The Bertz CT molecular complexity index is 909. The summed E-state index contributed by atoms with van der Waals surface area (Å²) >= 11 is 0. The summed E-state index contributed by atoms with van der Waals surface area (Å²) in [5.41, 5.74) is 0.993. The summed E-state index contributed by atoms with van der Waals surface area (Å²) in [6.07, 6.45) is 16.7. The van der Waals surface area contributed by atoms with E-state index < -0.39 is 5.82 Å². The zero-order valence-electron chi connectivity index (χ0n) is 18.5. The summed E-state index contributed by atoms with van der Waals surface area (Å²) < 4.78 is 19.8. The first-order valence-electron chi connectivity index (χ1n) is 11.7. The van der Waals surface area contributed by atoms with Crippen LogP contribution in [-0.2, 0) is 9.53 Å². The third-order valence-electron chi connectivity index (χ3n) is 6.88. The zero-order chi connectivity index (χ0) is 22.8. The van der Waals surface area contributed by atoms with Gasteiger partial charge in [0.15, 0.2) is 0 Å². The lowest BCUT2D eigenvalue weighted by molar-refractivity contribution is -0.157. The molecule has 2 aliphatic rings. The van der Waals surface area contributed by atoms with Gasteiger partial charge in [-0.3, -0.25) is 4.79 Å². The number of hydrogen-bond acceptors (Lipinski definition) is 4. The van der Waals surface area contributed by atoms with Gasteiger partial charge in [0.2, 0.25) is 0 Å². The van der Waals surface area contributed by atoms with Gasteiger partial charge < -0.3 is 4.74 Å². The van der Waals surface area contributed by atoms with Crippen LogP contribution >= 0.6 is 0 Å². The summed E-state index contributed by atoms with van der Waals surface area (Å²) in [7, 11) is 0. The minimum absolute atomic E-state index is 0.0400. The number of rotatable bonds is 7.